The van der Waals surface area contributed by atoms with Gasteiger partial charge in [0.15, 0.2) is 0 Å². The summed E-state index contributed by atoms with van der Waals surface area (Å²) in [5.74, 6) is 0.830. The first-order valence-electron chi connectivity index (χ1n) is 7.69. The Bertz CT molecular complexity index is 702. The average molecular weight is 313 g/mol. The van der Waals surface area contributed by atoms with Gasteiger partial charge >= 0.3 is 0 Å². The number of aromatic nitrogens is 2. The normalized spacial score (nSPS) is 12.2. The fraction of sp³-hybridized carbons (Fsp3) is 0.353. The average Bonchev–Trinajstić information content (AvgIpc) is 2.99. The molecule has 0 saturated carbocycles. The van der Waals surface area contributed by atoms with Gasteiger partial charge in [0.05, 0.1) is 18.7 Å². The highest BCUT2D eigenvalue weighted by Crippen LogP contribution is 2.17. The number of fused-ring (bicyclic) bond motifs is 1. The van der Waals surface area contributed by atoms with E-state index in [9.17, 15) is 0 Å². The predicted molar refractivity (Wildman–Crippen MR) is 96.7 cm³/mol. The molecule has 0 aromatic carbocycles. The lowest BCUT2D eigenvalue weighted by Crippen LogP contribution is -1.99. The Hall–Kier alpha value is -2.47. The fourth-order valence-electron chi connectivity index (χ4n) is 2.10. The molecule has 2 aromatic heterocycles. The van der Waals surface area contributed by atoms with E-state index in [-0.39, 0.29) is 0 Å². The van der Waals surface area contributed by atoms with Crippen molar-refractivity contribution in [2.24, 2.45) is 9.98 Å². The number of nitrogens with zero attached hydrogens (tertiary/aromatic N) is 4. The van der Waals surface area contributed by atoms with Crippen molar-refractivity contribution in [2.75, 3.05) is 32.1 Å². The topological polar surface area (TPSA) is 63.3 Å². The minimum absolute atomic E-state index is 0.631. The number of nitrogens with one attached hydrogen (secondary N) is 1. The predicted octanol–water partition coefficient (Wildman–Crippen LogP) is 2.91. The molecule has 0 bridgehead atoms. The molecule has 0 aliphatic rings. The van der Waals surface area contributed by atoms with E-state index in [1.54, 1.807) is 6.20 Å². The minimum Gasteiger partial charge on any atom is -0.380 e. The van der Waals surface area contributed by atoms with E-state index in [0.29, 0.717) is 13.2 Å². The van der Waals surface area contributed by atoms with Gasteiger partial charge in [0, 0.05) is 43.9 Å². The van der Waals surface area contributed by atoms with Gasteiger partial charge in [-0.2, -0.15) is 5.10 Å². The van der Waals surface area contributed by atoms with E-state index in [1.807, 2.05) is 42.2 Å². The molecule has 6 nitrogen and oxygen atoms in total. The van der Waals surface area contributed by atoms with Crippen LogP contribution in [0.25, 0.3) is 11.1 Å². The number of pyridine rings is 1. The van der Waals surface area contributed by atoms with E-state index in [0.717, 1.165) is 35.5 Å². The summed E-state index contributed by atoms with van der Waals surface area (Å²) >= 11 is 0. The van der Waals surface area contributed by atoms with Gasteiger partial charge in [0.25, 0.3) is 0 Å². The van der Waals surface area contributed by atoms with Crippen LogP contribution in [0.15, 0.2) is 40.6 Å². The Kier molecular flexibility index (Phi) is 6.50. The second-order valence-electron chi connectivity index (χ2n) is 4.98. The Balaban J connectivity index is 2.12. The first kappa shape index (κ1) is 16.9. The molecule has 0 fully saturated rings. The first-order chi connectivity index (χ1) is 11.3. The molecule has 1 N–H and O–H groups in total. The summed E-state index contributed by atoms with van der Waals surface area (Å²) in [6.45, 7) is 7.66. The summed E-state index contributed by atoms with van der Waals surface area (Å²) in [5.41, 5.74) is 2.93. The number of ether oxygens (including phenoxy) is 1. The van der Waals surface area contributed by atoms with E-state index in [2.05, 4.69) is 34.0 Å². The molecular weight excluding hydrogens is 290 g/mol. The van der Waals surface area contributed by atoms with Crippen LogP contribution in [0.3, 0.4) is 0 Å². The van der Waals surface area contributed by atoms with Gasteiger partial charge < -0.3 is 10.1 Å². The molecule has 0 spiro atoms. The van der Waals surface area contributed by atoms with Crippen molar-refractivity contribution in [1.82, 2.24) is 9.61 Å². The van der Waals surface area contributed by atoms with Crippen molar-refractivity contribution in [1.29, 1.82) is 0 Å². The summed E-state index contributed by atoms with van der Waals surface area (Å²) in [5, 5.41) is 7.42. The number of rotatable bonds is 9. The third-order valence-corrected chi connectivity index (χ3v) is 3.23. The number of anilines is 1. The second-order valence-corrected chi connectivity index (χ2v) is 4.98. The molecule has 2 aromatic rings. The molecule has 0 amide bonds. The molecule has 2 heterocycles. The third kappa shape index (κ3) is 4.75. The minimum atomic E-state index is 0.631. The van der Waals surface area contributed by atoms with Crippen molar-refractivity contribution in [2.45, 2.75) is 13.3 Å². The summed E-state index contributed by atoms with van der Waals surface area (Å²) in [4.78, 5) is 8.27. The summed E-state index contributed by atoms with van der Waals surface area (Å²) in [6.07, 6.45) is 6.46. The Labute approximate surface area is 136 Å². The maximum absolute atomic E-state index is 5.42. The maximum Gasteiger partial charge on any atom is 0.148 e. The standard InChI is InChI=1S/C17H23N5O/c1-4-8-23-9-6-20-13-15(12-18-2)14-5-7-22-16(10-14)11-17(19-3)21-22/h5,7,10-13H,2,4,6,8-9H2,1,3H3,(H,19,21)/b15-12+,20-13?. The Morgan fingerprint density at radius 3 is 3.04 bits per heavy atom. The number of hydrogen-bond acceptors (Lipinski definition) is 5. The van der Waals surface area contributed by atoms with Crippen LogP contribution in [0.2, 0.25) is 0 Å². The SMILES string of the molecule is C=N/C=C(\C=NCCOCCC)c1ccn2nc(NC)cc2c1. The quantitative estimate of drug-likeness (QED) is 0.572. The molecule has 0 atom stereocenters. The molecule has 0 aliphatic carbocycles. The lowest BCUT2D eigenvalue weighted by atomic mass is 10.1. The molecule has 0 saturated heterocycles. The zero-order chi connectivity index (χ0) is 16.5. The molecule has 6 heteroatoms. The smallest absolute Gasteiger partial charge is 0.148 e. The van der Waals surface area contributed by atoms with Crippen LogP contribution in [0.1, 0.15) is 18.9 Å². The van der Waals surface area contributed by atoms with Crippen LogP contribution in [0, 0.1) is 0 Å². The molecule has 23 heavy (non-hydrogen) atoms. The van der Waals surface area contributed by atoms with Gasteiger partial charge in [-0.05, 0) is 30.8 Å². The van der Waals surface area contributed by atoms with Crippen molar-refractivity contribution in [3.05, 3.63) is 36.2 Å². The van der Waals surface area contributed by atoms with Gasteiger partial charge in [0.2, 0.25) is 0 Å². The lowest BCUT2D eigenvalue weighted by Gasteiger charge is -2.03. The zero-order valence-electron chi connectivity index (χ0n) is 13.7. The first-order valence-corrected chi connectivity index (χ1v) is 7.69. The molecule has 2 rings (SSSR count). The molecule has 0 unspecified atom stereocenters. The monoisotopic (exact) mass is 313 g/mol. The summed E-state index contributed by atoms with van der Waals surface area (Å²) in [7, 11) is 1.85. The van der Waals surface area contributed by atoms with E-state index < -0.39 is 0 Å². The molecule has 0 aliphatic heterocycles. The number of aliphatic imine (C=N–C) groups is 2. The van der Waals surface area contributed by atoms with Crippen LogP contribution in [0.5, 0.6) is 0 Å². The highest BCUT2D eigenvalue weighted by Gasteiger charge is 2.04. The summed E-state index contributed by atoms with van der Waals surface area (Å²) < 4.78 is 7.24. The van der Waals surface area contributed by atoms with Gasteiger partial charge in [-0.1, -0.05) is 6.92 Å². The van der Waals surface area contributed by atoms with Crippen LogP contribution in [0.4, 0.5) is 5.82 Å². The van der Waals surface area contributed by atoms with Gasteiger partial charge in [-0.25, -0.2) is 4.52 Å². The number of allylic oxidation sites excluding steroid dienone is 1. The zero-order valence-corrected chi connectivity index (χ0v) is 13.7. The highest BCUT2D eigenvalue weighted by molar-refractivity contribution is 6.10. The van der Waals surface area contributed by atoms with E-state index in [4.69, 9.17) is 4.74 Å². The lowest BCUT2D eigenvalue weighted by molar-refractivity contribution is 0.142. The fourth-order valence-corrected chi connectivity index (χ4v) is 2.10. The van der Waals surface area contributed by atoms with Gasteiger partial charge in [0.1, 0.15) is 5.82 Å². The number of hydrogen-bond donors (Lipinski definition) is 1. The van der Waals surface area contributed by atoms with Gasteiger partial charge in [-0.3, -0.25) is 9.98 Å². The highest BCUT2D eigenvalue weighted by atomic mass is 16.5. The summed E-state index contributed by atoms with van der Waals surface area (Å²) in [6, 6.07) is 6.01. The maximum atomic E-state index is 5.42. The van der Waals surface area contributed by atoms with Crippen LogP contribution < -0.4 is 5.32 Å². The van der Waals surface area contributed by atoms with Gasteiger partial charge in [-0.15, -0.1) is 0 Å². The largest absolute Gasteiger partial charge is 0.380 e. The molecular formula is C17H23N5O. The third-order valence-electron chi connectivity index (χ3n) is 3.23. The van der Waals surface area contributed by atoms with Crippen LogP contribution >= 0.6 is 0 Å². The van der Waals surface area contributed by atoms with E-state index in [1.165, 1.54) is 0 Å². The molecule has 0 radical (unpaired) electrons. The molecule has 122 valence electrons. The van der Waals surface area contributed by atoms with E-state index >= 15 is 0 Å². The van der Waals surface area contributed by atoms with Crippen molar-refractivity contribution < 1.29 is 4.74 Å². The Morgan fingerprint density at radius 2 is 2.30 bits per heavy atom. The van der Waals surface area contributed by atoms with Crippen LogP contribution in [-0.4, -0.2) is 49.4 Å². The van der Waals surface area contributed by atoms with Crippen LogP contribution in [-0.2, 0) is 4.74 Å². The van der Waals surface area contributed by atoms with Crippen molar-refractivity contribution in [3.63, 3.8) is 0 Å². The van der Waals surface area contributed by atoms with Crippen molar-refractivity contribution >= 4 is 29.8 Å². The van der Waals surface area contributed by atoms with Crippen molar-refractivity contribution in [3.8, 4) is 0 Å². The second kappa shape index (κ2) is 8.85. The Morgan fingerprint density at radius 1 is 1.43 bits per heavy atom.